The van der Waals surface area contributed by atoms with Crippen molar-refractivity contribution in [2.45, 2.75) is 49.6 Å². The highest BCUT2D eigenvalue weighted by Gasteiger charge is 2.51. The Morgan fingerprint density at radius 1 is 0.867 bits per heavy atom. The van der Waals surface area contributed by atoms with Gasteiger partial charge in [0.25, 0.3) is 0 Å². The first-order valence-corrected chi connectivity index (χ1v) is 5.85. The molecule has 86 valence electrons. The molecule has 0 aromatic carbocycles. The summed E-state index contributed by atoms with van der Waals surface area (Å²) in [6, 6.07) is 0. The SMILES string of the molecule is O[C@H]1CCOC12CCC1(CC2)OCCO1. The Balaban J connectivity index is 1.69. The molecule has 1 saturated carbocycles. The first-order valence-electron chi connectivity index (χ1n) is 5.85. The lowest BCUT2D eigenvalue weighted by molar-refractivity contribution is -0.213. The molecule has 4 nitrogen and oxygen atoms in total. The van der Waals surface area contributed by atoms with Crippen LogP contribution < -0.4 is 0 Å². The van der Waals surface area contributed by atoms with Crippen molar-refractivity contribution < 1.29 is 19.3 Å². The average Bonchev–Trinajstić information content (AvgIpc) is 2.82. The smallest absolute Gasteiger partial charge is 0.168 e. The third kappa shape index (κ3) is 1.51. The molecule has 2 aliphatic heterocycles. The summed E-state index contributed by atoms with van der Waals surface area (Å²) < 4.78 is 17.1. The van der Waals surface area contributed by atoms with Crippen LogP contribution in [0.3, 0.4) is 0 Å². The number of hydrogen-bond donors (Lipinski definition) is 1. The van der Waals surface area contributed by atoms with Crippen LogP contribution in [0.5, 0.6) is 0 Å². The second-order valence-electron chi connectivity index (χ2n) is 4.83. The molecule has 2 saturated heterocycles. The Bertz CT molecular complexity index is 237. The van der Waals surface area contributed by atoms with Gasteiger partial charge in [0.2, 0.25) is 0 Å². The Morgan fingerprint density at radius 3 is 2.07 bits per heavy atom. The predicted octanol–water partition coefficient (Wildman–Crippen LogP) is 0.823. The molecule has 0 bridgehead atoms. The number of rotatable bonds is 0. The summed E-state index contributed by atoms with van der Waals surface area (Å²) in [5, 5.41) is 9.93. The van der Waals surface area contributed by atoms with Crippen LogP contribution in [0.2, 0.25) is 0 Å². The zero-order valence-corrected chi connectivity index (χ0v) is 8.91. The topological polar surface area (TPSA) is 47.9 Å². The fourth-order valence-electron chi connectivity index (χ4n) is 3.05. The van der Waals surface area contributed by atoms with Crippen LogP contribution in [-0.2, 0) is 14.2 Å². The molecule has 0 aromatic heterocycles. The summed E-state index contributed by atoms with van der Waals surface area (Å²) in [6.07, 6.45) is 3.89. The van der Waals surface area contributed by atoms with Gasteiger partial charge in [0.15, 0.2) is 5.79 Å². The lowest BCUT2D eigenvalue weighted by Gasteiger charge is -2.42. The van der Waals surface area contributed by atoms with E-state index < -0.39 is 0 Å². The Hall–Kier alpha value is -0.160. The van der Waals surface area contributed by atoms with Crippen LogP contribution in [0.25, 0.3) is 0 Å². The fraction of sp³-hybridized carbons (Fsp3) is 1.00. The first kappa shape index (κ1) is 10.0. The zero-order valence-electron chi connectivity index (χ0n) is 8.91. The molecule has 1 N–H and O–H groups in total. The molecule has 15 heavy (non-hydrogen) atoms. The van der Waals surface area contributed by atoms with Crippen LogP contribution in [0, 0.1) is 0 Å². The van der Waals surface area contributed by atoms with Crippen LogP contribution >= 0.6 is 0 Å². The molecule has 2 spiro atoms. The minimum absolute atomic E-state index is 0.291. The van der Waals surface area contributed by atoms with E-state index in [4.69, 9.17) is 14.2 Å². The highest BCUT2D eigenvalue weighted by Crippen LogP contribution is 2.46. The maximum absolute atomic E-state index is 9.93. The van der Waals surface area contributed by atoms with Gasteiger partial charge in [-0.05, 0) is 19.3 Å². The maximum atomic E-state index is 9.93. The van der Waals surface area contributed by atoms with Gasteiger partial charge < -0.3 is 19.3 Å². The molecule has 0 amide bonds. The van der Waals surface area contributed by atoms with Gasteiger partial charge in [0, 0.05) is 12.8 Å². The van der Waals surface area contributed by atoms with Crippen molar-refractivity contribution in [1.82, 2.24) is 0 Å². The molecule has 0 radical (unpaired) electrons. The normalized spacial score (nSPS) is 37.8. The summed E-state index contributed by atoms with van der Waals surface area (Å²) in [7, 11) is 0. The van der Waals surface area contributed by atoms with Gasteiger partial charge in [-0.3, -0.25) is 0 Å². The number of ether oxygens (including phenoxy) is 3. The molecule has 3 rings (SSSR count). The molecule has 4 heteroatoms. The first-order chi connectivity index (χ1) is 7.25. The summed E-state index contributed by atoms with van der Waals surface area (Å²) in [5.41, 5.74) is -0.291. The van der Waals surface area contributed by atoms with E-state index >= 15 is 0 Å². The second-order valence-corrected chi connectivity index (χ2v) is 4.83. The van der Waals surface area contributed by atoms with E-state index in [1.165, 1.54) is 0 Å². The van der Waals surface area contributed by atoms with Crippen molar-refractivity contribution in [2.75, 3.05) is 19.8 Å². The molecule has 3 aliphatic rings. The van der Waals surface area contributed by atoms with Crippen molar-refractivity contribution in [3.63, 3.8) is 0 Å². The highest BCUT2D eigenvalue weighted by atomic mass is 16.7. The number of aliphatic hydroxyl groups excluding tert-OH is 1. The van der Waals surface area contributed by atoms with E-state index in [1.54, 1.807) is 0 Å². The van der Waals surface area contributed by atoms with Crippen molar-refractivity contribution in [3.05, 3.63) is 0 Å². The van der Waals surface area contributed by atoms with Gasteiger partial charge in [0.1, 0.15) is 0 Å². The molecule has 3 fully saturated rings. The molecule has 2 heterocycles. The zero-order chi connectivity index (χ0) is 10.4. The van der Waals surface area contributed by atoms with Crippen molar-refractivity contribution in [3.8, 4) is 0 Å². The van der Waals surface area contributed by atoms with E-state index in [0.29, 0.717) is 19.8 Å². The van der Waals surface area contributed by atoms with Gasteiger partial charge in [-0.2, -0.15) is 0 Å². The standard InChI is InChI=1S/C11H18O4/c12-9-1-6-13-10(9)2-4-11(5-3-10)14-7-8-15-11/h9,12H,1-8H2/t9-/m0/s1. The van der Waals surface area contributed by atoms with Crippen molar-refractivity contribution in [1.29, 1.82) is 0 Å². The Kier molecular flexibility index (Phi) is 2.28. The van der Waals surface area contributed by atoms with Gasteiger partial charge in [0.05, 0.1) is 31.5 Å². The third-order valence-electron chi connectivity index (χ3n) is 4.06. The predicted molar refractivity (Wildman–Crippen MR) is 52.4 cm³/mol. The Morgan fingerprint density at radius 2 is 1.53 bits per heavy atom. The number of hydrogen-bond acceptors (Lipinski definition) is 4. The van der Waals surface area contributed by atoms with E-state index in [9.17, 15) is 5.11 Å². The maximum Gasteiger partial charge on any atom is 0.168 e. The van der Waals surface area contributed by atoms with Crippen LogP contribution in [0.15, 0.2) is 0 Å². The average molecular weight is 214 g/mol. The van der Waals surface area contributed by atoms with E-state index in [0.717, 1.165) is 32.1 Å². The lowest BCUT2D eigenvalue weighted by Crippen LogP contribution is -2.48. The fourth-order valence-corrected chi connectivity index (χ4v) is 3.05. The van der Waals surface area contributed by atoms with E-state index in [1.807, 2.05) is 0 Å². The molecule has 0 aromatic rings. The van der Waals surface area contributed by atoms with Crippen LogP contribution in [0.1, 0.15) is 32.1 Å². The van der Waals surface area contributed by atoms with Gasteiger partial charge >= 0.3 is 0 Å². The highest BCUT2D eigenvalue weighted by molar-refractivity contribution is 4.99. The summed E-state index contributed by atoms with van der Waals surface area (Å²) in [6.45, 7) is 2.10. The van der Waals surface area contributed by atoms with Crippen molar-refractivity contribution in [2.24, 2.45) is 0 Å². The molecular weight excluding hydrogens is 196 g/mol. The van der Waals surface area contributed by atoms with Gasteiger partial charge in [-0.25, -0.2) is 0 Å². The second kappa shape index (κ2) is 3.42. The minimum atomic E-state index is -0.350. The van der Waals surface area contributed by atoms with Crippen molar-refractivity contribution >= 4 is 0 Å². The molecule has 1 atom stereocenters. The largest absolute Gasteiger partial charge is 0.390 e. The van der Waals surface area contributed by atoms with E-state index in [2.05, 4.69) is 0 Å². The van der Waals surface area contributed by atoms with Crippen LogP contribution in [0.4, 0.5) is 0 Å². The molecule has 0 unspecified atom stereocenters. The minimum Gasteiger partial charge on any atom is -0.390 e. The quantitative estimate of drug-likeness (QED) is 0.648. The Labute approximate surface area is 89.5 Å². The monoisotopic (exact) mass is 214 g/mol. The summed E-state index contributed by atoms with van der Waals surface area (Å²) in [4.78, 5) is 0. The number of aliphatic hydroxyl groups is 1. The van der Waals surface area contributed by atoms with Crippen LogP contribution in [-0.4, -0.2) is 42.4 Å². The summed E-state index contributed by atoms with van der Waals surface area (Å²) >= 11 is 0. The third-order valence-corrected chi connectivity index (χ3v) is 4.06. The molecule has 1 aliphatic carbocycles. The summed E-state index contributed by atoms with van der Waals surface area (Å²) in [5.74, 6) is -0.350. The lowest BCUT2D eigenvalue weighted by atomic mass is 9.78. The van der Waals surface area contributed by atoms with Gasteiger partial charge in [-0.1, -0.05) is 0 Å². The van der Waals surface area contributed by atoms with E-state index in [-0.39, 0.29) is 17.5 Å². The molecular formula is C11H18O4. The van der Waals surface area contributed by atoms with Gasteiger partial charge in [-0.15, -0.1) is 0 Å².